The highest BCUT2D eigenvalue weighted by Gasteiger charge is 2.18. The molecule has 6 nitrogen and oxygen atoms in total. The topological polar surface area (TPSA) is 81.4 Å². The Kier molecular flexibility index (Phi) is 6.09. The van der Waals surface area contributed by atoms with Gasteiger partial charge < -0.3 is 14.5 Å². The number of nitrogens with zero attached hydrogens (tertiary/aromatic N) is 1. The fourth-order valence-electron chi connectivity index (χ4n) is 3.09. The lowest BCUT2D eigenvalue weighted by Crippen LogP contribution is -2.36. The molecule has 0 saturated carbocycles. The molecule has 6 heteroatoms. The fourth-order valence-corrected chi connectivity index (χ4v) is 3.09. The molecule has 0 bridgehead atoms. The first-order valence-electron chi connectivity index (χ1n) is 9.39. The zero-order chi connectivity index (χ0) is 20.1. The van der Waals surface area contributed by atoms with E-state index < -0.39 is 6.10 Å². The highest BCUT2D eigenvalue weighted by Crippen LogP contribution is 2.29. The Morgan fingerprint density at radius 1 is 1.32 bits per heavy atom. The lowest BCUT2D eigenvalue weighted by Gasteiger charge is -2.17. The van der Waals surface area contributed by atoms with Gasteiger partial charge in [0.25, 0.3) is 5.91 Å². The first-order valence-corrected chi connectivity index (χ1v) is 9.39. The van der Waals surface area contributed by atoms with Crippen molar-refractivity contribution in [3.8, 4) is 5.75 Å². The molecule has 0 spiro atoms. The molecule has 1 atom stereocenters. The molecule has 3 aromatic rings. The molecule has 1 unspecified atom stereocenters. The average Bonchev–Trinajstić information content (AvgIpc) is 2.69. The van der Waals surface area contributed by atoms with Gasteiger partial charge in [0.05, 0.1) is 0 Å². The monoisotopic (exact) mass is 380 g/mol. The summed E-state index contributed by atoms with van der Waals surface area (Å²) in [6, 6.07) is 8.95. The van der Waals surface area contributed by atoms with Crippen molar-refractivity contribution < 1.29 is 13.9 Å². The Morgan fingerprint density at radius 2 is 2.14 bits per heavy atom. The third kappa shape index (κ3) is 4.39. The van der Waals surface area contributed by atoms with Crippen molar-refractivity contribution in [1.82, 2.24) is 10.3 Å². The number of hydrogen-bond acceptors (Lipinski definition) is 5. The van der Waals surface area contributed by atoms with Crippen molar-refractivity contribution in [2.45, 2.75) is 46.3 Å². The van der Waals surface area contributed by atoms with E-state index in [4.69, 9.17) is 9.15 Å². The zero-order valence-corrected chi connectivity index (χ0v) is 16.3. The molecule has 0 fully saturated rings. The van der Waals surface area contributed by atoms with Crippen LogP contribution in [0, 0.1) is 6.92 Å². The molecular weight excluding hydrogens is 356 g/mol. The number of benzene rings is 1. The van der Waals surface area contributed by atoms with Gasteiger partial charge in [0.1, 0.15) is 11.3 Å². The Labute approximate surface area is 163 Å². The largest absolute Gasteiger partial charge is 0.480 e. The number of amides is 1. The number of rotatable bonds is 7. The van der Waals surface area contributed by atoms with E-state index in [2.05, 4.69) is 17.2 Å². The van der Waals surface area contributed by atoms with E-state index in [9.17, 15) is 9.59 Å². The summed E-state index contributed by atoms with van der Waals surface area (Å²) in [6.45, 7) is 5.96. The quantitative estimate of drug-likeness (QED) is 0.634. The maximum Gasteiger partial charge on any atom is 0.336 e. The second kappa shape index (κ2) is 8.69. The highest BCUT2D eigenvalue weighted by atomic mass is 16.5. The van der Waals surface area contributed by atoms with Crippen LogP contribution in [-0.4, -0.2) is 17.0 Å². The van der Waals surface area contributed by atoms with Crippen molar-refractivity contribution in [2.24, 2.45) is 0 Å². The number of hydrogen-bond donors (Lipinski definition) is 1. The van der Waals surface area contributed by atoms with E-state index in [1.54, 1.807) is 25.4 Å². The minimum atomic E-state index is -0.696. The Balaban J connectivity index is 1.77. The fraction of sp³-hybridized carbons (Fsp3) is 0.318. The molecule has 1 amide bonds. The number of ether oxygens (including phenoxy) is 1. The third-order valence-corrected chi connectivity index (χ3v) is 4.58. The van der Waals surface area contributed by atoms with E-state index in [0.717, 1.165) is 29.4 Å². The van der Waals surface area contributed by atoms with Crippen LogP contribution in [0.1, 0.15) is 37.0 Å². The zero-order valence-electron chi connectivity index (χ0n) is 16.3. The summed E-state index contributed by atoms with van der Waals surface area (Å²) in [5, 5.41) is 3.74. The molecule has 146 valence electrons. The Hall–Kier alpha value is -3.15. The van der Waals surface area contributed by atoms with E-state index >= 15 is 0 Å². The number of pyridine rings is 1. The van der Waals surface area contributed by atoms with Gasteiger partial charge in [-0.15, -0.1) is 0 Å². The van der Waals surface area contributed by atoms with E-state index in [0.29, 0.717) is 23.4 Å². The average molecular weight is 380 g/mol. The van der Waals surface area contributed by atoms with Crippen LogP contribution in [0.4, 0.5) is 0 Å². The lowest BCUT2D eigenvalue weighted by atomic mass is 10.0. The summed E-state index contributed by atoms with van der Waals surface area (Å²) in [5.74, 6) is 0.290. The van der Waals surface area contributed by atoms with Crippen LogP contribution < -0.4 is 15.7 Å². The van der Waals surface area contributed by atoms with Gasteiger partial charge in [0, 0.05) is 36.0 Å². The summed E-state index contributed by atoms with van der Waals surface area (Å²) in [6.07, 6.45) is 4.43. The summed E-state index contributed by atoms with van der Waals surface area (Å²) in [4.78, 5) is 28.3. The standard InChI is InChI=1S/C22H24N2O4/c1-4-6-17-11-20(25)28-21-14(2)19(9-8-18(17)21)27-15(3)22(26)24-13-16-7-5-10-23-12-16/h5,7-12,15H,4,6,13H2,1-3H3,(H,24,26). The van der Waals surface area contributed by atoms with Crippen molar-refractivity contribution in [3.05, 3.63) is 69.8 Å². The first kappa shape index (κ1) is 19.6. The molecule has 0 aliphatic heterocycles. The van der Waals surface area contributed by atoms with Gasteiger partial charge in [0.15, 0.2) is 6.10 Å². The number of aromatic nitrogens is 1. The Morgan fingerprint density at radius 3 is 2.86 bits per heavy atom. The minimum Gasteiger partial charge on any atom is -0.480 e. The van der Waals surface area contributed by atoms with Crippen LogP contribution in [0.5, 0.6) is 5.75 Å². The predicted molar refractivity (Wildman–Crippen MR) is 107 cm³/mol. The number of aryl methyl sites for hydroxylation is 2. The van der Waals surface area contributed by atoms with Crippen LogP contribution in [0.3, 0.4) is 0 Å². The molecule has 0 radical (unpaired) electrons. The summed E-state index contributed by atoms with van der Waals surface area (Å²) >= 11 is 0. The lowest BCUT2D eigenvalue weighted by molar-refractivity contribution is -0.127. The van der Waals surface area contributed by atoms with Gasteiger partial charge in [-0.25, -0.2) is 4.79 Å². The van der Waals surface area contributed by atoms with Crippen LogP contribution in [-0.2, 0) is 17.8 Å². The maximum absolute atomic E-state index is 12.4. The molecule has 2 heterocycles. The third-order valence-electron chi connectivity index (χ3n) is 4.58. The first-order chi connectivity index (χ1) is 13.5. The van der Waals surface area contributed by atoms with E-state index in [1.807, 2.05) is 31.2 Å². The molecule has 0 saturated heterocycles. The van der Waals surface area contributed by atoms with E-state index in [1.165, 1.54) is 0 Å². The smallest absolute Gasteiger partial charge is 0.336 e. The van der Waals surface area contributed by atoms with Crippen LogP contribution in [0.25, 0.3) is 11.0 Å². The van der Waals surface area contributed by atoms with Gasteiger partial charge in [-0.3, -0.25) is 9.78 Å². The number of nitrogens with one attached hydrogen (secondary N) is 1. The van der Waals surface area contributed by atoms with Gasteiger partial charge in [-0.2, -0.15) is 0 Å². The molecule has 2 aromatic heterocycles. The summed E-state index contributed by atoms with van der Waals surface area (Å²) in [7, 11) is 0. The molecular formula is C22H24N2O4. The van der Waals surface area contributed by atoms with Crippen molar-refractivity contribution in [2.75, 3.05) is 0 Å². The molecule has 28 heavy (non-hydrogen) atoms. The van der Waals surface area contributed by atoms with Crippen molar-refractivity contribution >= 4 is 16.9 Å². The SMILES string of the molecule is CCCc1cc(=O)oc2c(C)c(OC(C)C(=O)NCc3cccnc3)ccc12. The van der Waals surface area contributed by atoms with E-state index in [-0.39, 0.29) is 11.5 Å². The molecule has 1 aromatic carbocycles. The van der Waals surface area contributed by atoms with Gasteiger partial charge in [-0.1, -0.05) is 19.4 Å². The second-order valence-electron chi connectivity index (χ2n) is 6.75. The predicted octanol–water partition coefficient (Wildman–Crippen LogP) is 3.53. The molecule has 3 rings (SSSR count). The van der Waals surface area contributed by atoms with Gasteiger partial charge in [-0.05, 0) is 49.6 Å². The van der Waals surface area contributed by atoms with Gasteiger partial charge in [0.2, 0.25) is 0 Å². The van der Waals surface area contributed by atoms with Gasteiger partial charge >= 0.3 is 5.63 Å². The summed E-state index contributed by atoms with van der Waals surface area (Å²) in [5.41, 5.74) is 2.72. The van der Waals surface area contributed by atoms with Crippen LogP contribution in [0.2, 0.25) is 0 Å². The highest BCUT2D eigenvalue weighted by molar-refractivity contribution is 5.85. The van der Waals surface area contributed by atoms with Crippen molar-refractivity contribution in [1.29, 1.82) is 0 Å². The molecule has 0 aliphatic rings. The second-order valence-corrected chi connectivity index (χ2v) is 6.75. The van der Waals surface area contributed by atoms with Crippen LogP contribution in [0.15, 0.2) is 51.9 Å². The maximum atomic E-state index is 12.4. The molecule has 1 N–H and O–H groups in total. The van der Waals surface area contributed by atoms with Crippen molar-refractivity contribution in [3.63, 3.8) is 0 Å². The molecule has 0 aliphatic carbocycles. The minimum absolute atomic E-state index is 0.232. The summed E-state index contributed by atoms with van der Waals surface area (Å²) < 4.78 is 11.3. The Bertz CT molecular complexity index is 1030. The number of carbonyl (C=O) groups is 1. The number of carbonyl (C=O) groups excluding carboxylic acids is 1. The van der Waals surface area contributed by atoms with Crippen LogP contribution >= 0.6 is 0 Å². The normalized spacial score (nSPS) is 12.0. The number of fused-ring (bicyclic) bond motifs is 1.